The maximum Gasteiger partial charge on any atom is 0.120 e. The lowest BCUT2D eigenvalue weighted by molar-refractivity contribution is 0.223. The quantitative estimate of drug-likeness (QED) is 0.318. The lowest BCUT2D eigenvalue weighted by Crippen LogP contribution is -1.94. The van der Waals surface area contributed by atoms with Crippen LogP contribution >= 0.6 is 0 Å². The van der Waals surface area contributed by atoms with Crippen LogP contribution in [-0.4, -0.2) is 0 Å². The molecular formula is C5H9NO. The van der Waals surface area contributed by atoms with Crippen LogP contribution in [0.25, 0.3) is 0 Å². The Morgan fingerprint density at radius 1 is 1.86 bits per heavy atom. The molecule has 0 spiro atoms. The molecule has 0 fully saturated rings. The van der Waals surface area contributed by atoms with Gasteiger partial charge in [0.05, 0.1) is 0 Å². The molecule has 2 heteroatoms. The molecule has 0 saturated heterocycles. The fourth-order valence-electron chi connectivity index (χ4n) is 0.205. The normalized spacial score (nSPS) is 10.9. The van der Waals surface area contributed by atoms with Crippen LogP contribution in [0.1, 0.15) is 6.92 Å². The van der Waals surface area contributed by atoms with Gasteiger partial charge >= 0.3 is 0 Å². The zero-order valence-electron chi connectivity index (χ0n) is 4.35. The van der Waals surface area contributed by atoms with Gasteiger partial charge in [0.1, 0.15) is 5.76 Å². The number of rotatable bonds is 2. The number of allylic oxidation sites excluding steroid dienone is 3. The van der Waals surface area contributed by atoms with Crippen LogP contribution in [0.3, 0.4) is 0 Å². The van der Waals surface area contributed by atoms with Crippen molar-refractivity contribution < 1.29 is 4.84 Å². The minimum Gasteiger partial charge on any atom is -0.416 e. The van der Waals surface area contributed by atoms with Crippen LogP contribution in [0.5, 0.6) is 0 Å². The molecular weight excluding hydrogens is 90.1 g/mol. The summed E-state index contributed by atoms with van der Waals surface area (Å²) >= 11 is 0. The highest BCUT2D eigenvalue weighted by Crippen LogP contribution is 1.87. The number of hydrogen-bond donors (Lipinski definition) is 1. The van der Waals surface area contributed by atoms with Crippen molar-refractivity contribution in [1.29, 1.82) is 0 Å². The molecule has 0 aromatic carbocycles. The zero-order chi connectivity index (χ0) is 5.70. The van der Waals surface area contributed by atoms with Gasteiger partial charge in [-0.25, -0.2) is 0 Å². The first-order chi connectivity index (χ1) is 3.31. The molecule has 0 saturated carbocycles. The van der Waals surface area contributed by atoms with Gasteiger partial charge in [-0.1, -0.05) is 12.7 Å². The zero-order valence-corrected chi connectivity index (χ0v) is 4.35. The molecule has 0 aromatic rings. The molecule has 0 atom stereocenters. The van der Waals surface area contributed by atoms with E-state index in [1.807, 2.05) is 0 Å². The van der Waals surface area contributed by atoms with E-state index in [2.05, 4.69) is 11.4 Å². The fourth-order valence-corrected chi connectivity index (χ4v) is 0.205. The molecule has 0 aliphatic carbocycles. The van der Waals surface area contributed by atoms with Crippen molar-refractivity contribution in [2.24, 2.45) is 5.90 Å². The minimum absolute atomic E-state index is 0.662. The molecule has 0 amide bonds. The smallest absolute Gasteiger partial charge is 0.120 e. The Bertz CT molecular complexity index is 86.1. The SMILES string of the molecule is C=C/C=C(\C)ON. The number of nitrogens with two attached hydrogens (primary N) is 1. The maximum atomic E-state index is 4.74. The first-order valence-electron chi connectivity index (χ1n) is 1.97. The lowest BCUT2D eigenvalue weighted by Gasteiger charge is -1.90. The summed E-state index contributed by atoms with van der Waals surface area (Å²) in [6.07, 6.45) is 3.29. The van der Waals surface area contributed by atoms with Crippen molar-refractivity contribution in [3.63, 3.8) is 0 Å². The largest absolute Gasteiger partial charge is 0.416 e. The molecule has 0 bridgehead atoms. The summed E-state index contributed by atoms with van der Waals surface area (Å²) in [6, 6.07) is 0. The van der Waals surface area contributed by atoms with Crippen LogP contribution in [0.2, 0.25) is 0 Å². The summed E-state index contributed by atoms with van der Waals surface area (Å²) in [5.74, 6) is 5.40. The highest BCUT2D eigenvalue weighted by molar-refractivity contribution is 5.00. The van der Waals surface area contributed by atoms with Crippen molar-refractivity contribution in [1.82, 2.24) is 0 Å². The monoisotopic (exact) mass is 99.1 g/mol. The minimum atomic E-state index is 0.662. The summed E-state index contributed by atoms with van der Waals surface area (Å²) in [6.45, 7) is 5.19. The molecule has 0 aliphatic heterocycles. The van der Waals surface area contributed by atoms with E-state index < -0.39 is 0 Å². The maximum absolute atomic E-state index is 4.74. The van der Waals surface area contributed by atoms with Crippen molar-refractivity contribution in [3.8, 4) is 0 Å². The summed E-state index contributed by atoms with van der Waals surface area (Å²) < 4.78 is 0. The third kappa shape index (κ3) is 3.06. The van der Waals surface area contributed by atoms with E-state index in [-0.39, 0.29) is 0 Å². The predicted molar refractivity (Wildman–Crippen MR) is 29.2 cm³/mol. The van der Waals surface area contributed by atoms with Gasteiger partial charge in [-0.2, -0.15) is 5.90 Å². The van der Waals surface area contributed by atoms with Gasteiger partial charge in [-0.05, 0) is 13.0 Å². The predicted octanol–water partition coefficient (Wildman–Crippen LogP) is 0.966. The molecule has 0 radical (unpaired) electrons. The Hall–Kier alpha value is -0.760. The fraction of sp³-hybridized carbons (Fsp3) is 0.200. The molecule has 0 unspecified atom stereocenters. The summed E-state index contributed by atoms with van der Waals surface area (Å²) in [5, 5.41) is 0. The number of hydrogen-bond acceptors (Lipinski definition) is 2. The Labute approximate surface area is 43.2 Å². The Kier molecular flexibility index (Phi) is 3.06. The average molecular weight is 99.1 g/mol. The standard InChI is InChI=1S/C5H9NO/c1-3-4-5(2)7-6/h3-4H,1,6H2,2H3/b5-4+. The third-order valence-corrected chi connectivity index (χ3v) is 0.538. The summed E-state index contributed by atoms with van der Waals surface area (Å²) in [7, 11) is 0. The molecule has 0 aliphatic rings. The van der Waals surface area contributed by atoms with Gasteiger partial charge < -0.3 is 4.84 Å². The second kappa shape index (κ2) is 3.43. The van der Waals surface area contributed by atoms with Crippen molar-refractivity contribution in [3.05, 3.63) is 24.5 Å². The molecule has 2 N–H and O–H groups in total. The molecule has 0 rings (SSSR count). The van der Waals surface area contributed by atoms with E-state index in [1.165, 1.54) is 0 Å². The van der Waals surface area contributed by atoms with Crippen LogP contribution in [0.4, 0.5) is 0 Å². The van der Waals surface area contributed by atoms with Gasteiger partial charge in [0.15, 0.2) is 0 Å². The Balaban J connectivity index is 3.49. The van der Waals surface area contributed by atoms with Gasteiger partial charge in [0.25, 0.3) is 0 Å². The van der Waals surface area contributed by atoms with Gasteiger partial charge in [-0.15, -0.1) is 0 Å². The van der Waals surface area contributed by atoms with E-state index >= 15 is 0 Å². The highest BCUT2D eigenvalue weighted by atomic mass is 16.6. The van der Waals surface area contributed by atoms with Crippen molar-refractivity contribution >= 4 is 0 Å². The van der Waals surface area contributed by atoms with E-state index in [1.54, 1.807) is 19.1 Å². The molecule has 0 aromatic heterocycles. The second-order valence-corrected chi connectivity index (χ2v) is 1.13. The molecule has 0 heterocycles. The van der Waals surface area contributed by atoms with E-state index in [9.17, 15) is 0 Å². The Morgan fingerprint density at radius 2 is 2.43 bits per heavy atom. The molecule has 40 valence electrons. The van der Waals surface area contributed by atoms with Gasteiger partial charge in [0.2, 0.25) is 0 Å². The highest BCUT2D eigenvalue weighted by Gasteiger charge is 1.75. The molecule has 7 heavy (non-hydrogen) atoms. The average Bonchev–Trinajstić information content (AvgIpc) is 1.68. The van der Waals surface area contributed by atoms with Crippen molar-refractivity contribution in [2.45, 2.75) is 6.92 Å². The second-order valence-electron chi connectivity index (χ2n) is 1.13. The topological polar surface area (TPSA) is 35.2 Å². The van der Waals surface area contributed by atoms with Crippen LogP contribution in [-0.2, 0) is 4.84 Å². The van der Waals surface area contributed by atoms with Crippen molar-refractivity contribution in [2.75, 3.05) is 0 Å². The van der Waals surface area contributed by atoms with Crippen LogP contribution < -0.4 is 5.90 Å². The van der Waals surface area contributed by atoms with E-state index in [0.29, 0.717) is 5.76 Å². The third-order valence-electron chi connectivity index (χ3n) is 0.538. The van der Waals surface area contributed by atoms with Crippen LogP contribution in [0, 0.1) is 0 Å². The van der Waals surface area contributed by atoms with Gasteiger partial charge in [-0.3, -0.25) is 0 Å². The first kappa shape index (κ1) is 6.24. The molecule has 2 nitrogen and oxygen atoms in total. The first-order valence-corrected chi connectivity index (χ1v) is 1.97. The Morgan fingerprint density at radius 3 is 2.57 bits per heavy atom. The van der Waals surface area contributed by atoms with Gasteiger partial charge in [0, 0.05) is 0 Å². The van der Waals surface area contributed by atoms with E-state index in [4.69, 9.17) is 5.90 Å². The lowest BCUT2D eigenvalue weighted by atomic mass is 10.5. The summed E-state index contributed by atoms with van der Waals surface area (Å²) in [5.41, 5.74) is 0. The summed E-state index contributed by atoms with van der Waals surface area (Å²) in [4.78, 5) is 4.28. The van der Waals surface area contributed by atoms with E-state index in [0.717, 1.165) is 0 Å². The van der Waals surface area contributed by atoms with Crippen LogP contribution in [0.15, 0.2) is 24.5 Å².